The van der Waals surface area contributed by atoms with Gasteiger partial charge in [0.25, 0.3) is 0 Å². The standard InChI is InChI=1S/C23H32N2O4/c1-27-23-15-20(16-24-10-9-19-5-3-2-4-6-19)7-8-22(23)29-18-21(26)17-25-11-13-28-14-12-25/h2-8,15,21,24,26H,9-14,16-18H2,1H3. The number of morpholine rings is 1. The van der Waals surface area contributed by atoms with Crippen molar-refractivity contribution in [3.05, 3.63) is 59.7 Å². The fraction of sp³-hybridized carbons (Fsp3) is 0.478. The summed E-state index contributed by atoms with van der Waals surface area (Å²) in [6, 6.07) is 16.4. The maximum Gasteiger partial charge on any atom is 0.161 e. The first-order chi connectivity index (χ1) is 14.2. The van der Waals surface area contributed by atoms with Crippen LogP contribution in [0.5, 0.6) is 11.5 Å². The summed E-state index contributed by atoms with van der Waals surface area (Å²) in [5.41, 5.74) is 2.47. The van der Waals surface area contributed by atoms with Crippen molar-refractivity contribution in [2.75, 3.05) is 53.1 Å². The normalized spacial score (nSPS) is 15.8. The molecule has 1 saturated heterocycles. The van der Waals surface area contributed by atoms with Gasteiger partial charge in [0.15, 0.2) is 11.5 Å². The van der Waals surface area contributed by atoms with E-state index in [-0.39, 0.29) is 6.61 Å². The number of aliphatic hydroxyl groups excluding tert-OH is 1. The van der Waals surface area contributed by atoms with Crippen LogP contribution >= 0.6 is 0 Å². The number of hydrogen-bond donors (Lipinski definition) is 2. The van der Waals surface area contributed by atoms with Crippen LogP contribution in [0.15, 0.2) is 48.5 Å². The molecule has 0 aromatic heterocycles. The van der Waals surface area contributed by atoms with E-state index in [9.17, 15) is 5.11 Å². The summed E-state index contributed by atoms with van der Waals surface area (Å²) < 4.78 is 16.6. The number of β-amino-alcohol motifs (C(OH)–C–C–N with tert-alkyl or cyclic N) is 1. The van der Waals surface area contributed by atoms with E-state index >= 15 is 0 Å². The Morgan fingerprint density at radius 1 is 1.07 bits per heavy atom. The number of ether oxygens (including phenoxy) is 3. The highest BCUT2D eigenvalue weighted by Crippen LogP contribution is 2.28. The quantitative estimate of drug-likeness (QED) is 0.564. The molecule has 0 spiro atoms. The second kappa shape index (κ2) is 11.8. The minimum Gasteiger partial charge on any atom is -0.493 e. The summed E-state index contributed by atoms with van der Waals surface area (Å²) >= 11 is 0. The number of benzene rings is 2. The fourth-order valence-electron chi connectivity index (χ4n) is 3.37. The van der Waals surface area contributed by atoms with E-state index in [1.165, 1.54) is 5.56 Å². The number of methoxy groups -OCH3 is 1. The Bertz CT molecular complexity index is 720. The molecule has 6 nitrogen and oxygen atoms in total. The minimum atomic E-state index is -0.544. The topological polar surface area (TPSA) is 63.2 Å². The largest absolute Gasteiger partial charge is 0.493 e. The molecule has 1 unspecified atom stereocenters. The van der Waals surface area contributed by atoms with Gasteiger partial charge in [-0.3, -0.25) is 4.90 Å². The zero-order valence-electron chi connectivity index (χ0n) is 17.2. The molecule has 1 aliphatic heterocycles. The zero-order chi connectivity index (χ0) is 20.3. The van der Waals surface area contributed by atoms with Crippen molar-refractivity contribution in [3.8, 4) is 11.5 Å². The molecule has 1 heterocycles. The van der Waals surface area contributed by atoms with E-state index in [4.69, 9.17) is 14.2 Å². The van der Waals surface area contributed by atoms with Gasteiger partial charge in [0.2, 0.25) is 0 Å². The van der Waals surface area contributed by atoms with Crippen LogP contribution in [0.2, 0.25) is 0 Å². The van der Waals surface area contributed by atoms with Crippen molar-refractivity contribution in [1.29, 1.82) is 0 Å². The number of aliphatic hydroxyl groups is 1. The maximum atomic E-state index is 10.3. The van der Waals surface area contributed by atoms with E-state index < -0.39 is 6.10 Å². The van der Waals surface area contributed by atoms with Crippen molar-refractivity contribution < 1.29 is 19.3 Å². The molecule has 1 atom stereocenters. The Morgan fingerprint density at radius 3 is 2.62 bits per heavy atom. The maximum absolute atomic E-state index is 10.3. The molecule has 0 aliphatic carbocycles. The highest BCUT2D eigenvalue weighted by atomic mass is 16.5. The molecule has 2 N–H and O–H groups in total. The molecule has 0 radical (unpaired) electrons. The average molecular weight is 401 g/mol. The third kappa shape index (κ3) is 7.33. The molecule has 2 aromatic carbocycles. The van der Waals surface area contributed by atoms with Gasteiger partial charge in [0.1, 0.15) is 12.7 Å². The third-order valence-electron chi connectivity index (χ3n) is 4.99. The second-order valence-corrected chi connectivity index (χ2v) is 7.28. The molecule has 3 rings (SSSR count). The summed E-state index contributed by atoms with van der Waals surface area (Å²) in [6.45, 7) is 5.67. The van der Waals surface area contributed by atoms with Crippen LogP contribution in [0.25, 0.3) is 0 Å². The predicted octanol–water partition coefficient (Wildman–Crippen LogP) is 2.10. The van der Waals surface area contributed by atoms with Crippen molar-refractivity contribution in [2.24, 2.45) is 0 Å². The van der Waals surface area contributed by atoms with E-state index in [0.717, 1.165) is 51.4 Å². The van der Waals surface area contributed by atoms with Crippen LogP contribution in [0.1, 0.15) is 11.1 Å². The SMILES string of the molecule is COc1cc(CNCCc2ccccc2)ccc1OCC(O)CN1CCOCC1. The Kier molecular flexibility index (Phi) is 8.77. The van der Waals surface area contributed by atoms with E-state index in [0.29, 0.717) is 18.0 Å². The molecule has 6 heteroatoms. The molecule has 2 aromatic rings. The van der Waals surface area contributed by atoms with Crippen LogP contribution in [0.4, 0.5) is 0 Å². The van der Waals surface area contributed by atoms with Crippen LogP contribution < -0.4 is 14.8 Å². The number of nitrogens with one attached hydrogen (secondary N) is 1. The smallest absolute Gasteiger partial charge is 0.161 e. The lowest BCUT2D eigenvalue weighted by Gasteiger charge is -2.28. The van der Waals surface area contributed by atoms with Crippen LogP contribution in [-0.2, 0) is 17.7 Å². The molecule has 0 bridgehead atoms. The van der Waals surface area contributed by atoms with Crippen LogP contribution in [0, 0.1) is 0 Å². The molecule has 0 amide bonds. The molecular formula is C23H32N2O4. The monoisotopic (exact) mass is 400 g/mol. The van der Waals surface area contributed by atoms with Gasteiger partial charge >= 0.3 is 0 Å². The van der Waals surface area contributed by atoms with Crippen molar-refractivity contribution >= 4 is 0 Å². The first-order valence-corrected chi connectivity index (χ1v) is 10.3. The first-order valence-electron chi connectivity index (χ1n) is 10.3. The van der Waals surface area contributed by atoms with Crippen molar-refractivity contribution in [3.63, 3.8) is 0 Å². The van der Waals surface area contributed by atoms with Gasteiger partial charge in [0, 0.05) is 26.2 Å². The van der Waals surface area contributed by atoms with E-state index in [1.807, 2.05) is 24.3 Å². The van der Waals surface area contributed by atoms with Crippen LogP contribution in [0.3, 0.4) is 0 Å². The summed E-state index contributed by atoms with van der Waals surface area (Å²) in [5, 5.41) is 13.7. The summed E-state index contributed by atoms with van der Waals surface area (Å²) in [4.78, 5) is 2.19. The van der Waals surface area contributed by atoms with Crippen LogP contribution in [-0.4, -0.2) is 69.2 Å². The Morgan fingerprint density at radius 2 is 1.86 bits per heavy atom. The van der Waals surface area contributed by atoms with E-state index in [1.54, 1.807) is 7.11 Å². The molecular weight excluding hydrogens is 368 g/mol. The average Bonchev–Trinajstić information content (AvgIpc) is 2.77. The fourth-order valence-corrected chi connectivity index (χ4v) is 3.37. The summed E-state index contributed by atoms with van der Waals surface area (Å²) in [6.07, 6.45) is 0.456. The zero-order valence-corrected chi connectivity index (χ0v) is 17.2. The third-order valence-corrected chi connectivity index (χ3v) is 4.99. The summed E-state index contributed by atoms with van der Waals surface area (Å²) in [5.74, 6) is 1.34. The van der Waals surface area contributed by atoms with Gasteiger partial charge in [-0.25, -0.2) is 0 Å². The lowest BCUT2D eigenvalue weighted by atomic mass is 10.1. The highest BCUT2D eigenvalue weighted by Gasteiger charge is 2.16. The lowest BCUT2D eigenvalue weighted by Crippen LogP contribution is -2.42. The summed E-state index contributed by atoms with van der Waals surface area (Å²) in [7, 11) is 1.64. The number of nitrogens with zero attached hydrogens (tertiary/aromatic N) is 1. The van der Waals surface area contributed by atoms with Gasteiger partial charge in [-0.1, -0.05) is 36.4 Å². The molecule has 29 heavy (non-hydrogen) atoms. The molecule has 0 saturated carbocycles. The predicted molar refractivity (Wildman–Crippen MR) is 114 cm³/mol. The molecule has 158 valence electrons. The van der Waals surface area contributed by atoms with Gasteiger partial charge < -0.3 is 24.6 Å². The Labute approximate surface area is 173 Å². The second-order valence-electron chi connectivity index (χ2n) is 7.28. The van der Waals surface area contributed by atoms with Gasteiger partial charge in [-0.15, -0.1) is 0 Å². The molecule has 1 aliphatic rings. The van der Waals surface area contributed by atoms with E-state index in [2.05, 4.69) is 34.5 Å². The Hall–Kier alpha value is -2.12. The lowest BCUT2D eigenvalue weighted by molar-refractivity contribution is 0.00445. The number of rotatable bonds is 11. The Balaban J connectivity index is 1.42. The first kappa shape index (κ1) is 21.6. The van der Waals surface area contributed by atoms with Gasteiger partial charge in [-0.05, 0) is 36.2 Å². The molecule has 1 fully saturated rings. The van der Waals surface area contributed by atoms with Crippen molar-refractivity contribution in [2.45, 2.75) is 19.1 Å². The number of hydrogen-bond acceptors (Lipinski definition) is 6. The van der Waals surface area contributed by atoms with Crippen molar-refractivity contribution in [1.82, 2.24) is 10.2 Å². The van der Waals surface area contributed by atoms with Gasteiger partial charge in [-0.2, -0.15) is 0 Å². The highest BCUT2D eigenvalue weighted by molar-refractivity contribution is 5.43. The van der Waals surface area contributed by atoms with Gasteiger partial charge in [0.05, 0.1) is 20.3 Å². The minimum absolute atomic E-state index is 0.238.